The highest BCUT2D eigenvalue weighted by Gasteiger charge is 2.60. The fourth-order valence-electron chi connectivity index (χ4n) is 7.06. The minimum absolute atomic E-state index is 0.179. The van der Waals surface area contributed by atoms with Gasteiger partial charge in [-0.1, -0.05) is 24.4 Å². The van der Waals surface area contributed by atoms with E-state index in [-0.39, 0.29) is 17.6 Å². The van der Waals surface area contributed by atoms with Crippen LogP contribution in [0.5, 0.6) is 5.75 Å². The summed E-state index contributed by atoms with van der Waals surface area (Å²) in [5.41, 5.74) is 7.36. The van der Waals surface area contributed by atoms with Crippen LogP contribution in [-0.2, 0) is 15.3 Å². The van der Waals surface area contributed by atoms with Gasteiger partial charge in [0.2, 0.25) is 8.32 Å². The lowest BCUT2D eigenvalue weighted by molar-refractivity contribution is -0.0356. The van der Waals surface area contributed by atoms with Crippen LogP contribution in [0.25, 0.3) is 0 Å². The molecule has 2 saturated carbocycles. The van der Waals surface area contributed by atoms with E-state index in [1.54, 1.807) is 5.56 Å². The van der Waals surface area contributed by atoms with Gasteiger partial charge in [-0.05, 0) is 124 Å². The summed E-state index contributed by atoms with van der Waals surface area (Å²) in [5, 5.41) is 0. The van der Waals surface area contributed by atoms with Crippen molar-refractivity contribution in [3.8, 4) is 5.75 Å². The minimum Gasteiger partial charge on any atom is -0.540 e. The molecule has 0 saturated heterocycles. The highest BCUT2D eigenvalue weighted by atomic mass is 28.4. The third-order valence-corrected chi connectivity index (χ3v) is 13.5. The predicted molar refractivity (Wildman–Crippen MR) is 156 cm³/mol. The van der Waals surface area contributed by atoms with Gasteiger partial charge in [0.1, 0.15) is 5.75 Å². The summed E-state index contributed by atoms with van der Waals surface area (Å²) in [5.74, 6) is 3.03. The molecule has 0 bridgehead atoms. The predicted octanol–water partition coefficient (Wildman–Crippen LogP) is 8.00. The number of benzene rings is 1. The van der Waals surface area contributed by atoms with Gasteiger partial charge < -0.3 is 13.3 Å². The molecule has 0 aliphatic heterocycles. The maximum absolute atomic E-state index is 7.00. The van der Waals surface area contributed by atoms with Crippen LogP contribution in [0.15, 0.2) is 42.8 Å². The Hall–Kier alpha value is -0.929. The molecule has 0 radical (unpaired) electrons. The first-order chi connectivity index (χ1) is 16.2. The second-order valence-electron chi connectivity index (χ2n) is 13.6. The summed E-state index contributed by atoms with van der Waals surface area (Å²) in [4.78, 5) is 0. The Labute approximate surface area is 217 Å². The SMILES string of the molecule is C=C[Si](C)(C)Oc1ccc2c(c1)CC[C@@H]1[C@@H]2CC[C@@]2(C)[C@H]1C[C@@H](O[Si](C)(C)C)[C@@H]2O[Si](C)(C)C=C. The minimum atomic E-state index is -1.93. The Morgan fingerprint density at radius 1 is 0.943 bits per heavy atom. The van der Waals surface area contributed by atoms with Crippen LogP contribution in [0, 0.1) is 17.3 Å². The molecular formula is C29H48O3Si3. The molecule has 0 heterocycles. The third kappa shape index (κ3) is 5.52. The van der Waals surface area contributed by atoms with E-state index in [4.69, 9.17) is 13.3 Å². The van der Waals surface area contributed by atoms with Crippen molar-refractivity contribution in [3.63, 3.8) is 0 Å². The maximum Gasteiger partial charge on any atom is 0.269 e. The van der Waals surface area contributed by atoms with Gasteiger partial charge >= 0.3 is 0 Å². The van der Waals surface area contributed by atoms with E-state index in [0.717, 1.165) is 18.6 Å². The molecule has 0 unspecified atom stereocenters. The van der Waals surface area contributed by atoms with E-state index in [9.17, 15) is 0 Å². The molecule has 194 valence electrons. The van der Waals surface area contributed by atoms with Crippen molar-refractivity contribution >= 4 is 25.0 Å². The first kappa shape index (κ1) is 27.1. The molecule has 0 N–H and O–H groups in total. The van der Waals surface area contributed by atoms with Crippen LogP contribution in [0.1, 0.15) is 49.7 Å². The smallest absolute Gasteiger partial charge is 0.269 e. The van der Waals surface area contributed by atoms with Crippen molar-refractivity contribution < 1.29 is 13.3 Å². The van der Waals surface area contributed by atoms with E-state index in [1.807, 2.05) is 5.70 Å². The van der Waals surface area contributed by atoms with E-state index < -0.39 is 25.0 Å². The standard InChI is InChI=1S/C29H48O3Si3/c1-11-34(7,8)30-22-14-16-23-21(19-22)13-15-25-24(23)17-18-29(3)26(25)20-27(31-33(4,5)6)28(29)32-35(9,10)12-2/h11-12,14,16,19,24-28H,1-2,13,15,17-18,20H2,3-10H3/t24-,25-,26+,27-,28+,29+/m1/s1. The molecule has 3 aliphatic carbocycles. The molecule has 3 aliphatic rings. The van der Waals surface area contributed by atoms with E-state index in [2.05, 4.69) is 89.8 Å². The number of hydrogen-bond acceptors (Lipinski definition) is 3. The van der Waals surface area contributed by atoms with Crippen LogP contribution < -0.4 is 4.43 Å². The molecule has 4 rings (SSSR count). The first-order valence-electron chi connectivity index (χ1n) is 13.6. The summed E-state index contributed by atoms with van der Waals surface area (Å²) in [6, 6.07) is 6.92. The van der Waals surface area contributed by atoms with Crippen LogP contribution in [0.2, 0.25) is 45.8 Å². The number of fused-ring (bicyclic) bond motifs is 5. The second-order valence-corrected chi connectivity index (χ2v) is 25.7. The number of aryl methyl sites for hydroxylation is 1. The van der Waals surface area contributed by atoms with Crippen molar-refractivity contribution in [3.05, 3.63) is 53.9 Å². The van der Waals surface area contributed by atoms with Gasteiger partial charge in [0.25, 0.3) is 8.32 Å². The molecule has 0 amide bonds. The summed E-state index contributed by atoms with van der Waals surface area (Å²) in [7, 11) is -5.47. The zero-order valence-electron chi connectivity index (χ0n) is 23.4. The normalized spacial score (nSPS) is 32.9. The lowest BCUT2D eigenvalue weighted by Gasteiger charge is -2.51. The monoisotopic (exact) mass is 528 g/mol. The largest absolute Gasteiger partial charge is 0.540 e. The van der Waals surface area contributed by atoms with Crippen molar-refractivity contribution in [2.45, 2.75) is 103 Å². The quantitative estimate of drug-likeness (QED) is 0.320. The van der Waals surface area contributed by atoms with Crippen LogP contribution in [0.3, 0.4) is 0 Å². The van der Waals surface area contributed by atoms with Crippen molar-refractivity contribution in [1.29, 1.82) is 0 Å². The molecule has 6 heteroatoms. The highest BCUT2D eigenvalue weighted by Crippen LogP contribution is 2.62. The van der Waals surface area contributed by atoms with Gasteiger partial charge in [-0.3, -0.25) is 0 Å². The van der Waals surface area contributed by atoms with Gasteiger partial charge in [-0.2, -0.15) is 0 Å². The molecular weight excluding hydrogens is 481 g/mol. The molecule has 1 aromatic rings. The average molecular weight is 529 g/mol. The highest BCUT2D eigenvalue weighted by molar-refractivity contribution is 6.77. The Kier molecular flexibility index (Phi) is 7.30. The van der Waals surface area contributed by atoms with Crippen molar-refractivity contribution in [1.82, 2.24) is 0 Å². The summed E-state index contributed by atoms with van der Waals surface area (Å²) < 4.78 is 20.2. The van der Waals surface area contributed by atoms with Crippen LogP contribution >= 0.6 is 0 Å². The van der Waals surface area contributed by atoms with Gasteiger partial charge in [0.05, 0.1) is 12.2 Å². The van der Waals surface area contributed by atoms with Crippen LogP contribution in [0.4, 0.5) is 0 Å². The van der Waals surface area contributed by atoms with Gasteiger partial charge in [0.15, 0.2) is 8.32 Å². The molecule has 6 atom stereocenters. The third-order valence-electron chi connectivity index (χ3n) is 8.91. The Morgan fingerprint density at radius 2 is 1.63 bits per heavy atom. The zero-order valence-corrected chi connectivity index (χ0v) is 26.4. The Bertz CT molecular complexity index is 966. The van der Waals surface area contributed by atoms with E-state index in [0.29, 0.717) is 17.8 Å². The Morgan fingerprint density at radius 3 is 2.26 bits per heavy atom. The van der Waals surface area contributed by atoms with E-state index in [1.165, 1.54) is 24.8 Å². The molecule has 1 aromatic carbocycles. The zero-order chi connectivity index (χ0) is 25.8. The van der Waals surface area contributed by atoms with Crippen LogP contribution in [-0.4, -0.2) is 37.2 Å². The summed E-state index contributed by atoms with van der Waals surface area (Å²) in [6.07, 6.45) is 6.41. The van der Waals surface area contributed by atoms with Gasteiger partial charge in [0, 0.05) is 0 Å². The van der Waals surface area contributed by atoms with Crippen molar-refractivity contribution in [2.24, 2.45) is 17.3 Å². The van der Waals surface area contributed by atoms with E-state index >= 15 is 0 Å². The average Bonchev–Trinajstić information content (AvgIpc) is 3.03. The first-order valence-corrected chi connectivity index (χ1v) is 23.0. The molecule has 0 spiro atoms. The Balaban J connectivity index is 1.62. The van der Waals surface area contributed by atoms with Gasteiger partial charge in [-0.15, -0.1) is 13.2 Å². The number of hydrogen-bond donors (Lipinski definition) is 0. The lowest BCUT2D eigenvalue weighted by Crippen LogP contribution is -2.50. The lowest BCUT2D eigenvalue weighted by atomic mass is 9.55. The fraction of sp³-hybridized carbons (Fsp3) is 0.655. The fourth-order valence-corrected chi connectivity index (χ4v) is 10.2. The topological polar surface area (TPSA) is 27.7 Å². The molecule has 3 nitrogen and oxygen atoms in total. The second kappa shape index (κ2) is 9.43. The maximum atomic E-state index is 7.00. The number of rotatable bonds is 8. The molecule has 35 heavy (non-hydrogen) atoms. The van der Waals surface area contributed by atoms with Gasteiger partial charge in [-0.25, -0.2) is 0 Å². The summed E-state index contributed by atoms with van der Waals surface area (Å²) >= 11 is 0. The summed E-state index contributed by atoms with van der Waals surface area (Å²) in [6.45, 7) is 26.5. The molecule has 0 aromatic heterocycles. The molecule has 2 fully saturated rings. The van der Waals surface area contributed by atoms with Crippen molar-refractivity contribution in [2.75, 3.05) is 0 Å².